The third-order valence-electron chi connectivity index (χ3n) is 4.55. The topological polar surface area (TPSA) is 46.9 Å². The number of aromatic nitrogens is 1. The van der Waals surface area contributed by atoms with Gasteiger partial charge in [-0.15, -0.1) is 0 Å². The van der Waals surface area contributed by atoms with Crippen molar-refractivity contribution in [3.05, 3.63) is 48.3 Å². The second-order valence-corrected chi connectivity index (χ2v) is 6.20. The second-order valence-electron chi connectivity index (χ2n) is 6.20. The van der Waals surface area contributed by atoms with Crippen molar-refractivity contribution in [2.45, 2.75) is 13.1 Å². The van der Waals surface area contributed by atoms with Gasteiger partial charge in [-0.05, 0) is 29.8 Å². The van der Waals surface area contributed by atoms with Crippen LogP contribution in [0.25, 0.3) is 0 Å². The Morgan fingerprint density at radius 2 is 1.75 bits per heavy atom. The number of fused-ring (bicyclic) bond motifs is 1. The van der Waals surface area contributed by atoms with Gasteiger partial charge in [0, 0.05) is 45.1 Å². The maximum absolute atomic E-state index is 12.3. The molecule has 0 aliphatic carbocycles. The molecule has 24 heavy (non-hydrogen) atoms. The molecule has 1 aromatic carbocycles. The lowest BCUT2D eigenvalue weighted by molar-refractivity contribution is -0.133. The van der Waals surface area contributed by atoms with Crippen molar-refractivity contribution in [2.24, 2.45) is 0 Å². The number of piperazine rings is 1. The van der Waals surface area contributed by atoms with Gasteiger partial charge in [-0.2, -0.15) is 0 Å². The molecular weight excluding hydrogens is 306 g/mol. The number of carbonyl (C=O) groups excluding carboxylic acids is 1. The van der Waals surface area contributed by atoms with Crippen LogP contribution in [-0.4, -0.2) is 53.2 Å². The first-order valence-electron chi connectivity index (χ1n) is 8.27. The van der Waals surface area contributed by atoms with E-state index in [-0.39, 0.29) is 5.91 Å². The van der Waals surface area contributed by atoms with E-state index in [0.717, 1.165) is 44.2 Å². The highest BCUT2D eigenvalue weighted by Crippen LogP contribution is 2.32. The van der Waals surface area contributed by atoms with Gasteiger partial charge in [-0.3, -0.25) is 9.69 Å². The Balaban J connectivity index is 1.29. The maximum Gasteiger partial charge on any atom is 0.242 e. The average molecular weight is 327 g/mol. The van der Waals surface area contributed by atoms with Crippen molar-refractivity contribution in [2.75, 3.05) is 33.0 Å². The van der Waals surface area contributed by atoms with E-state index >= 15 is 0 Å². The number of hydrogen-bond acceptors (Lipinski definition) is 4. The number of rotatable bonds is 4. The van der Waals surface area contributed by atoms with Crippen molar-refractivity contribution < 1.29 is 14.3 Å². The minimum absolute atomic E-state index is 0.189. The molecule has 3 heterocycles. The smallest absolute Gasteiger partial charge is 0.242 e. The van der Waals surface area contributed by atoms with Gasteiger partial charge >= 0.3 is 0 Å². The van der Waals surface area contributed by atoms with Gasteiger partial charge in [0.05, 0.1) is 0 Å². The molecule has 4 rings (SSSR count). The van der Waals surface area contributed by atoms with Crippen LogP contribution in [0.15, 0.2) is 42.7 Å². The average Bonchev–Trinajstić information content (AvgIpc) is 3.26. The molecule has 0 unspecified atom stereocenters. The first kappa shape index (κ1) is 15.1. The summed E-state index contributed by atoms with van der Waals surface area (Å²) in [4.78, 5) is 16.6. The van der Waals surface area contributed by atoms with Crippen molar-refractivity contribution >= 4 is 5.91 Å². The zero-order chi connectivity index (χ0) is 16.4. The van der Waals surface area contributed by atoms with E-state index < -0.39 is 0 Å². The lowest BCUT2D eigenvalue weighted by Crippen LogP contribution is -2.49. The summed E-state index contributed by atoms with van der Waals surface area (Å²) in [7, 11) is 0. The zero-order valence-electron chi connectivity index (χ0n) is 13.6. The summed E-state index contributed by atoms with van der Waals surface area (Å²) in [6, 6.07) is 9.98. The highest BCUT2D eigenvalue weighted by Gasteiger charge is 2.22. The predicted octanol–water partition coefficient (Wildman–Crippen LogP) is 1.56. The van der Waals surface area contributed by atoms with E-state index in [9.17, 15) is 4.79 Å². The molecule has 0 saturated carbocycles. The van der Waals surface area contributed by atoms with Crippen LogP contribution in [0, 0.1) is 0 Å². The summed E-state index contributed by atoms with van der Waals surface area (Å²) in [6.07, 6.45) is 3.85. The molecule has 0 bridgehead atoms. The van der Waals surface area contributed by atoms with Gasteiger partial charge in [0.1, 0.15) is 6.54 Å². The molecule has 1 saturated heterocycles. The van der Waals surface area contributed by atoms with Gasteiger partial charge < -0.3 is 18.9 Å². The second kappa shape index (κ2) is 6.57. The SMILES string of the molecule is O=C(Cn1cccc1)N1CCN(Cc2ccc3c(c2)OCO3)CC1. The fraction of sp³-hybridized carbons (Fsp3) is 0.389. The van der Waals surface area contributed by atoms with E-state index in [1.165, 1.54) is 5.56 Å². The standard InChI is InChI=1S/C18H21N3O3/c22-18(13-19-5-1-2-6-19)21-9-7-20(8-10-21)12-15-3-4-16-17(11-15)24-14-23-16/h1-6,11H,7-10,12-14H2. The minimum Gasteiger partial charge on any atom is -0.454 e. The Bertz CT molecular complexity index is 706. The van der Waals surface area contributed by atoms with Gasteiger partial charge in [-0.25, -0.2) is 0 Å². The monoisotopic (exact) mass is 327 g/mol. The number of carbonyl (C=O) groups is 1. The van der Waals surface area contributed by atoms with Crippen LogP contribution in [0.2, 0.25) is 0 Å². The van der Waals surface area contributed by atoms with Crippen LogP contribution < -0.4 is 9.47 Å². The molecule has 6 heteroatoms. The van der Waals surface area contributed by atoms with Crippen molar-refractivity contribution in [3.8, 4) is 11.5 Å². The molecule has 1 amide bonds. The van der Waals surface area contributed by atoms with E-state index in [0.29, 0.717) is 13.3 Å². The first-order chi connectivity index (χ1) is 11.8. The van der Waals surface area contributed by atoms with Gasteiger partial charge in [0.15, 0.2) is 11.5 Å². The number of hydrogen-bond donors (Lipinski definition) is 0. The molecule has 6 nitrogen and oxygen atoms in total. The minimum atomic E-state index is 0.189. The number of ether oxygens (including phenoxy) is 2. The van der Waals surface area contributed by atoms with Crippen LogP contribution in [0.5, 0.6) is 11.5 Å². The number of nitrogens with zero attached hydrogens (tertiary/aromatic N) is 3. The Morgan fingerprint density at radius 1 is 1.00 bits per heavy atom. The molecule has 2 aliphatic rings. The summed E-state index contributed by atoms with van der Waals surface area (Å²) in [5.74, 6) is 1.83. The molecule has 2 aliphatic heterocycles. The van der Waals surface area contributed by atoms with Crippen molar-refractivity contribution in [1.82, 2.24) is 14.4 Å². The third-order valence-corrected chi connectivity index (χ3v) is 4.55. The summed E-state index contributed by atoms with van der Waals surface area (Å²) in [6.45, 7) is 4.96. The summed E-state index contributed by atoms with van der Waals surface area (Å²) in [5, 5.41) is 0. The Morgan fingerprint density at radius 3 is 2.54 bits per heavy atom. The predicted molar refractivity (Wildman–Crippen MR) is 88.9 cm³/mol. The molecule has 2 aromatic rings. The van der Waals surface area contributed by atoms with E-state index in [4.69, 9.17) is 9.47 Å². The summed E-state index contributed by atoms with van der Waals surface area (Å²) in [5.41, 5.74) is 1.21. The van der Waals surface area contributed by atoms with Crippen LogP contribution in [0.4, 0.5) is 0 Å². The molecule has 1 fully saturated rings. The van der Waals surface area contributed by atoms with Crippen LogP contribution in [0.3, 0.4) is 0 Å². The van der Waals surface area contributed by atoms with E-state index in [1.807, 2.05) is 46.1 Å². The van der Waals surface area contributed by atoms with E-state index in [1.54, 1.807) is 0 Å². The Labute approximate surface area is 141 Å². The van der Waals surface area contributed by atoms with Gasteiger partial charge in [0.2, 0.25) is 12.7 Å². The summed E-state index contributed by atoms with van der Waals surface area (Å²) >= 11 is 0. The molecule has 1 aromatic heterocycles. The molecule has 0 N–H and O–H groups in total. The normalized spacial score (nSPS) is 17.2. The first-order valence-corrected chi connectivity index (χ1v) is 8.27. The van der Waals surface area contributed by atoms with Crippen LogP contribution in [-0.2, 0) is 17.9 Å². The third kappa shape index (κ3) is 3.23. The molecule has 0 spiro atoms. The van der Waals surface area contributed by atoms with Gasteiger partial charge in [0.25, 0.3) is 0 Å². The largest absolute Gasteiger partial charge is 0.454 e. The van der Waals surface area contributed by atoms with E-state index in [2.05, 4.69) is 11.0 Å². The van der Waals surface area contributed by atoms with Crippen LogP contribution in [0.1, 0.15) is 5.56 Å². The van der Waals surface area contributed by atoms with Crippen molar-refractivity contribution in [3.63, 3.8) is 0 Å². The molecular formula is C18H21N3O3. The fourth-order valence-electron chi connectivity index (χ4n) is 3.18. The number of amides is 1. The molecule has 126 valence electrons. The van der Waals surface area contributed by atoms with Gasteiger partial charge in [-0.1, -0.05) is 6.07 Å². The lowest BCUT2D eigenvalue weighted by Gasteiger charge is -2.34. The maximum atomic E-state index is 12.3. The Hall–Kier alpha value is -2.47. The van der Waals surface area contributed by atoms with Crippen molar-refractivity contribution in [1.29, 1.82) is 0 Å². The van der Waals surface area contributed by atoms with Crippen LogP contribution >= 0.6 is 0 Å². The molecule has 0 radical (unpaired) electrons. The quantitative estimate of drug-likeness (QED) is 0.855. The molecule has 0 atom stereocenters. The zero-order valence-corrected chi connectivity index (χ0v) is 13.6. The Kier molecular flexibility index (Phi) is 4.13. The fourth-order valence-corrected chi connectivity index (χ4v) is 3.18. The number of benzene rings is 1. The lowest BCUT2D eigenvalue weighted by atomic mass is 10.1. The highest BCUT2D eigenvalue weighted by molar-refractivity contribution is 5.76. The highest BCUT2D eigenvalue weighted by atomic mass is 16.7. The summed E-state index contributed by atoms with van der Waals surface area (Å²) < 4.78 is 12.7.